The van der Waals surface area contributed by atoms with E-state index < -0.39 is 22.0 Å². The van der Waals surface area contributed by atoms with Gasteiger partial charge in [0.15, 0.2) is 0 Å². The highest BCUT2D eigenvalue weighted by molar-refractivity contribution is 7.92. The van der Waals surface area contributed by atoms with Crippen LogP contribution in [0.1, 0.15) is 19.2 Å². The topological polar surface area (TPSA) is 73.2 Å². The van der Waals surface area contributed by atoms with Gasteiger partial charge in [-0.3, -0.25) is 9.29 Å². The van der Waals surface area contributed by atoms with Gasteiger partial charge >= 0.3 is 6.18 Å². The summed E-state index contributed by atoms with van der Waals surface area (Å²) >= 11 is 5.93. The third-order valence-electron chi connectivity index (χ3n) is 3.95. The van der Waals surface area contributed by atoms with E-state index in [0.717, 1.165) is 4.57 Å². The molecule has 0 fully saturated rings. The number of nitrogens with zero attached hydrogens (tertiary/aromatic N) is 2. The van der Waals surface area contributed by atoms with E-state index in [2.05, 4.69) is 9.71 Å². The summed E-state index contributed by atoms with van der Waals surface area (Å²) in [4.78, 5) is 3.50. The van der Waals surface area contributed by atoms with Crippen molar-refractivity contribution in [1.82, 2.24) is 9.55 Å². The molecule has 0 aliphatic carbocycles. The SMILES string of the molecule is CCCOCn1c(C(F)(F)F)nc2cc(NS(=O)(=O)c3ccccc3Cl)ccc21. The third kappa shape index (κ3) is 4.65. The first-order valence-corrected chi connectivity index (χ1v) is 10.4. The lowest BCUT2D eigenvalue weighted by atomic mass is 10.3. The van der Waals surface area contributed by atoms with Crippen LogP contribution >= 0.6 is 11.6 Å². The zero-order valence-electron chi connectivity index (χ0n) is 15.2. The van der Waals surface area contributed by atoms with Crippen LogP contribution in [0.4, 0.5) is 18.9 Å². The van der Waals surface area contributed by atoms with Crippen molar-refractivity contribution < 1.29 is 26.3 Å². The van der Waals surface area contributed by atoms with Gasteiger partial charge < -0.3 is 4.74 Å². The standard InChI is InChI=1S/C18H17ClF3N3O3S/c1-2-9-28-11-25-15-8-7-12(10-14(15)23-17(25)18(20,21)22)24-29(26,27)16-6-4-3-5-13(16)19/h3-8,10,24H,2,9,11H2,1H3. The van der Waals surface area contributed by atoms with Crippen molar-refractivity contribution in [1.29, 1.82) is 0 Å². The molecule has 2 aromatic carbocycles. The molecule has 0 atom stereocenters. The van der Waals surface area contributed by atoms with Crippen LogP contribution in [0.2, 0.25) is 5.02 Å². The van der Waals surface area contributed by atoms with Crippen molar-refractivity contribution in [3.63, 3.8) is 0 Å². The molecule has 29 heavy (non-hydrogen) atoms. The maximum atomic E-state index is 13.4. The van der Waals surface area contributed by atoms with Gasteiger partial charge in [-0.15, -0.1) is 0 Å². The lowest BCUT2D eigenvalue weighted by molar-refractivity contribution is -0.149. The fraction of sp³-hybridized carbons (Fsp3) is 0.278. The molecule has 0 spiro atoms. The summed E-state index contributed by atoms with van der Waals surface area (Å²) in [6.45, 7) is 1.82. The number of aromatic nitrogens is 2. The number of sulfonamides is 1. The second kappa shape index (κ2) is 8.21. The van der Waals surface area contributed by atoms with E-state index in [1.807, 2.05) is 6.92 Å². The Labute approximate surface area is 170 Å². The molecule has 0 saturated carbocycles. The van der Waals surface area contributed by atoms with Crippen LogP contribution in [-0.4, -0.2) is 24.6 Å². The van der Waals surface area contributed by atoms with Crippen molar-refractivity contribution in [2.24, 2.45) is 0 Å². The lowest BCUT2D eigenvalue weighted by Crippen LogP contribution is -2.16. The predicted molar refractivity (Wildman–Crippen MR) is 103 cm³/mol. The molecule has 156 valence electrons. The minimum Gasteiger partial charge on any atom is -0.361 e. The van der Waals surface area contributed by atoms with Gasteiger partial charge in [0.25, 0.3) is 10.0 Å². The largest absolute Gasteiger partial charge is 0.449 e. The maximum Gasteiger partial charge on any atom is 0.449 e. The second-order valence-electron chi connectivity index (χ2n) is 6.14. The van der Waals surface area contributed by atoms with E-state index >= 15 is 0 Å². The lowest BCUT2D eigenvalue weighted by Gasteiger charge is -2.12. The Hall–Kier alpha value is -2.30. The van der Waals surface area contributed by atoms with E-state index in [9.17, 15) is 21.6 Å². The van der Waals surface area contributed by atoms with E-state index in [1.54, 1.807) is 6.07 Å². The monoisotopic (exact) mass is 447 g/mol. The average molecular weight is 448 g/mol. The van der Waals surface area contributed by atoms with Crippen LogP contribution in [0.15, 0.2) is 47.4 Å². The maximum absolute atomic E-state index is 13.4. The van der Waals surface area contributed by atoms with Gasteiger partial charge in [-0.2, -0.15) is 13.2 Å². The predicted octanol–water partition coefficient (Wildman–Crippen LogP) is 4.89. The Kier molecular flexibility index (Phi) is 6.06. The number of imidazole rings is 1. The Morgan fingerprint density at radius 3 is 2.59 bits per heavy atom. The highest BCUT2D eigenvalue weighted by Gasteiger charge is 2.37. The zero-order chi connectivity index (χ0) is 21.2. The van der Waals surface area contributed by atoms with Crippen LogP contribution in [-0.2, 0) is 27.7 Å². The number of ether oxygens (including phenoxy) is 1. The van der Waals surface area contributed by atoms with Crippen LogP contribution in [0.3, 0.4) is 0 Å². The summed E-state index contributed by atoms with van der Waals surface area (Å²) in [6.07, 6.45) is -4.03. The number of hydrogen-bond donors (Lipinski definition) is 1. The average Bonchev–Trinajstić information content (AvgIpc) is 3.00. The van der Waals surface area contributed by atoms with Gasteiger partial charge in [0.2, 0.25) is 5.82 Å². The fourth-order valence-corrected chi connectivity index (χ4v) is 4.28. The van der Waals surface area contributed by atoms with Crippen LogP contribution < -0.4 is 4.72 Å². The minimum atomic E-state index is -4.69. The second-order valence-corrected chi connectivity index (χ2v) is 8.20. The van der Waals surface area contributed by atoms with Gasteiger partial charge in [-0.05, 0) is 36.8 Å². The van der Waals surface area contributed by atoms with Gasteiger partial charge in [0.05, 0.1) is 21.7 Å². The van der Waals surface area contributed by atoms with E-state index in [-0.39, 0.29) is 33.4 Å². The number of benzene rings is 2. The molecule has 0 bridgehead atoms. The van der Waals surface area contributed by atoms with Crippen LogP contribution in [0, 0.1) is 0 Å². The normalized spacial score (nSPS) is 12.4. The van der Waals surface area contributed by atoms with Crippen LogP contribution in [0.5, 0.6) is 0 Å². The highest BCUT2D eigenvalue weighted by atomic mass is 35.5. The number of rotatable bonds is 7. The zero-order valence-corrected chi connectivity index (χ0v) is 16.8. The van der Waals surface area contributed by atoms with Crippen molar-refractivity contribution in [3.8, 4) is 0 Å². The number of anilines is 1. The molecule has 11 heteroatoms. The van der Waals surface area contributed by atoms with Crippen molar-refractivity contribution in [2.45, 2.75) is 31.1 Å². The van der Waals surface area contributed by atoms with Gasteiger partial charge in [0, 0.05) is 6.61 Å². The Morgan fingerprint density at radius 2 is 1.93 bits per heavy atom. The molecule has 0 saturated heterocycles. The highest BCUT2D eigenvalue weighted by Crippen LogP contribution is 2.33. The van der Waals surface area contributed by atoms with Crippen molar-refractivity contribution in [2.75, 3.05) is 11.3 Å². The minimum absolute atomic E-state index is 0.0169. The summed E-state index contributed by atoms with van der Waals surface area (Å²) in [5.74, 6) is -1.12. The smallest absolute Gasteiger partial charge is 0.361 e. The first-order valence-electron chi connectivity index (χ1n) is 8.56. The molecular weight excluding hydrogens is 431 g/mol. The van der Waals surface area contributed by atoms with Gasteiger partial charge in [-0.1, -0.05) is 30.7 Å². The van der Waals surface area contributed by atoms with Crippen LogP contribution in [0.25, 0.3) is 11.0 Å². The molecule has 1 heterocycles. The molecule has 3 rings (SSSR count). The first-order chi connectivity index (χ1) is 13.6. The van der Waals surface area contributed by atoms with Gasteiger partial charge in [0.1, 0.15) is 11.6 Å². The molecule has 1 N–H and O–H groups in total. The molecular formula is C18H17ClF3N3O3S. The number of fused-ring (bicyclic) bond motifs is 1. The summed E-state index contributed by atoms with van der Waals surface area (Å²) in [6, 6.07) is 9.79. The molecule has 0 unspecified atom stereocenters. The Bertz CT molecular complexity index is 1130. The fourth-order valence-electron chi connectivity index (χ4n) is 2.71. The molecule has 0 radical (unpaired) electrons. The molecule has 3 aromatic rings. The molecule has 1 aromatic heterocycles. The third-order valence-corrected chi connectivity index (χ3v) is 5.83. The Morgan fingerprint density at radius 1 is 1.21 bits per heavy atom. The van der Waals surface area contributed by atoms with Crippen molar-refractivity contribution in [3.05, 3.63) is 53.3 Å². The molecule has 6 nitrogen and oxygen atoms in total. The summed E-state index contributed by atoms with van der Waals surface area (Å²) in [7, 11) is -4.03. The Balaban J connectivity index is 1.99. The van der Waals surface area contributed by atoms with Crippen molar-refractivity contribution >= 4 is 38.3 Å². The first kappa shape index (κ1) is 21.4. The number of halogens is 4. The summed E-state index contributed by atoms with van der Waals surface area (Å²) in [5, 5.41) is 0.0257. The van der Waals surface area contributed by atoms with E-state index in [1.165, 1.54) is 36.4 Å². The number of nitrogens with one attached hydrogen (secondary N) is 1. The summed E-state index contributed by atoms with van der Waals surface area (Å²) in [5.41, 5.74) is 0.219. The van der Waals surface area contributed by atoms with Gasteiger partial charge in [-0.25, -0.2) is 13.4 Å². The molecule has 0 aliphatic heterocycles. The van der Waals surface area contributed by atoms with E-state index in [4.69, 9.17) is 16.3 Å². The quantitative estimate of drug-likeness (QED) is 0.523. The van der Waals surface area contributed by atoms with E-state index in [0.29, 0.717) is 13.0 Å². The number of alkyl halides is 3. The molecule has 0 aliphatic rings. The number of hydrogen-bond acceptors (Lipinski definition) is 4. The summed E-state index contributed by atoms with van der Waals surface area (Å²) < 4.78 is 73.7. The molecule has 0 amide bonds.